The summed E-state index contributed by atoms with van der Waals surface area (Å²) in [6, 6.07) is 15.1. The average Bonchev–Trinajstić information content (AvgIpc) is 2.51. The lowest BCUT2D eigenvalue weighted by atomic mass is 9.83. The van der Waals surface area contributed by atoms with Crippen molar-refractivity contribution in [2.75, 3.05) is 31.6 Å². The summed E-state index contributed by atoms with van der Waals surface area (Å²) in [4.78, 5) is 4.85. The van der Waals surface area contributed by atoms with Crippen molar-refractivity contribution in [1.29, 1.82) is 0 Å². The second-order valence-corrected chi connectivity index (χ2v) is 6.17. The predicted octanol–water partition coefficient (Wildman–Crippen LogP) is 2.28. The van der Waals surface area contributed by atoms with Gasteiger partial charge in [-0.2, -0.15) is 0 Å². The highest BCUT2D eigenvalue weighted by Gasteiger charge is 2.42. The molecule has 0 amide bonds. The van der Waals surface area contributed by atoms with Crippen LogP contribution in [-0.2, 0) is 0 Å². The number of nitrogens with zero attached hydrogens (tertiary/aromatic N) is 4. The number of benzene rings is 1. The zero-order chi connectivity index (χ0) is 14.2. The summed E-state index contributed by atoms with van der Waals surface area (Å²) in [7, 11) is 2.22. The van der Waals surface area contributed by atoms with E-state index < -0.39 is 0 Å². The number of hydrogen-bond acceptors (Lipinski definition) is 4. The van der Waals surface area contributed by atoms with Crippen LogP contribution in [0.3, 0.4) is 0 Å². The van der Waals surface area contributed by atoms with E-state index in [1.165, 1.54) is 19.5 Å². The van der Waals surface area contributed by atoms with Crippen LogP contribution in [0.5, 0.6) is 0 Å². The summed E-state index contributed by atoms with van der Waals surface area (Å²) in [6.07, 6.45) is 1.24. The predicted molar refractivity (Wildman–Crippen MR) is 84.2 cm³/mol. The first kappa shape index (κ1) is 12.8. The van der Waals surface area contributed by atoms with Crippen molar-refractivity contribution in [2.45, 2.75) is 12.5 Å². The Morgan fingerprint density at radius 1 is 1.00 bits per heavy atom. The van der Waals surface area contributed by atoms with E-state index in [0.29, 0.717) is 6.04 Å². The zero-order valence-electron chi connectivity index (χ0n) is 12.3. The molecule has 0 N–H and O–H groups in total. The van der Waals surface area contributed by atoms with E-state index in [1.807, 2.05) is 18.2 Å². The van der Waals surface area contributed by atoms with Crippen molar-refractivity contribution in [3.05, 3.63) is 42.5 Å². The van der Waals surface area contributed by atoms with Gasteiger partial charge in [0.15, 0.2) is 5.82 Å². The minimum Gasteiger partial charge on any atom is -0.351 e. The summed E-state index contributed by atoms with van der Waals surface area (Å²) < 4.78 is 0. The maximum absolute atomic E-state index is 4.45. The van der Waals surface area contributed by atoms with Gasteiger partial charge in [0.25, 0.3) is 0 Å². The van der Waals surface area contributed by atoms with Crippen LogP contribution in [0.4, 0.5) is 5.82 Å². The van der Waals surface area contributed by atoms with Gasteiger partial charge in [-0.25, -0.2) is 0 Å². The largest absolute Gasteiger partial charge is 0.351 e. The van der Waals surface area contributed by atoms with Crippen LogP contribution in [0.15, 0.2) is 42.5 Å². The Morgan fingerprint density at radius 3 is 2.57 bits per heavy atom. The van der Waals surface area contributed by atoms with Gasteiger partial charge in [0.2, 0.25) is 0 Å². The number of piperidine rings is 1. The smallest absolute Gasteiger partial charge is 0.151 e. The Bertz CT molecular complexity index is 610. The fourth-order valence-corrected chi connectivity index (χ4v) is 3.55. The number of hydrogen-bond donors (Lipinski definition) is 0. The van der Waals surface area contributed by atoms with Crippen LogP contribution in [0.25, 0.3) is 11.3 Å². The van der Waals surface area contributed by atoms with Gasteiger partial charge >= 0.3 is 0 Å². The van der Waals surface area contributed by atoms with Gasteiger partial charge < -0.3 is 9.80 Å². The summed E-state index contributed by atoms with van der Waals surface area (Å²) in [5.74, 6) is 1.83. The fraction of sp³-hybridized carbons (Fsp3) is 0.412. The molecule has 0 aliphatic carbocycles. The lowest BCUT2D eigenvalue weighted by molar-refractivity contribution is 0.131. The number of anilines is 1. The van der Waals surface area contributed by atoms with Crippen LogP contribution in [0.1, 0.15) is 6.42 Å². The normalized spacial score (nSPS) is 25.3. The van der Waals surface area contributed by atoms with Gasteiger partial charge in [0, 0.05) is 30.6 Å². The zero-order valence-corrected chi connectivity index (χ0v) is 12.3. The number of fused-ring (bicyclic) bond motifs is 1. The lowest BCUT2D eigenvalue weighted by Gasteiger charge is -2.53. The molecule has 1 aromatic heterocycles. The third kappa shape index (κ3) is 2.29. The van der Waals surface area contributed by atoms with Crippen molar-refractivity contribution in [3.8, 4) is 11.3 Å². The SMILES string of the molecule is CN1CCC2C(C1)CN2c1ccc(-c2ccccc2)nn1. The van der Waals surface area contributed by atoms with Crippen LogP contribution < -0.4 is 4.90 Å². The van der Waals surface area contributed by atoms with Crippen LogP contribution in [0, 0.1) is 5.92 Å². The standard InChI is InChI=1S/C17H20N4/c1-20-10-9-16-14(11-20)12-21(16)17-8-7-15(18-19-17)13-5-3-2-4-6-13/h2-8,14,16H,9-12H2,1H3. The summed E-state index contributed by atoms with van der Waals surface area (Å²) in [6.45, 7) is 3.53. The van der Waals surface area contributed by atoms with Crippen molar-refractivity contribution in [2.24, 2.45) is 5.92 Å². The van der Waals surface area contributed by atoms with E-state index in [2.05, 4.69) is 51.3 Å². The molecule has 21 heavy (non-hydrogen) atoms. The molecule has 2 fully saturated rings. The van der Waals surface area contributed by atoms with E-state index in [0.717, 1.165) is 29.5 Å². The van der Waals surface area contributed by atoms with Gasteiger partial charge in [0.1, 0.15) is 0 Å². The molecular formula is C17H20N4. The molecular weight excluding hydrogens is 260 g/mol. The number of likely N-dealkylation sites (tertiary alicyclic amines) is 1. The first-order valence-electron chi connectivity index (χ1n) is 7.65. The van der Waals surface area contributed by atoms with Crippen molar-refractivity contribution < 1.29 is 0 Å². The van der Waals surface area contributed by atoms with E-state index in [4.69, 9.17) is 0 Å². The molecule has 1 aromatic carbocycles. The van der Waals surface area contributed by atoms with E-state index in [1.54, 1.807) is 0 Å². The molecule has 3 heterocycles. The molecule has 4 nitrogen and oxygen atoms in total. The fourth-order valence-electron chi connectivity index (χ4n) is 3.55. The van der Waals surface area contributed by atoms with Crippen LogP contribution in [0.2, 0.25) is 0 Å². The van der Waals surface area contributed by atoms with Gasteiger partial charge in [-0.3, -0.25) is 0 Å². The molecule has 0 radical (unpaired) electrons. The minimum atomic E-state index is 0.665. The quantitative estimate of drug-likeness (QED) is 0.845. The molecule has 4 rings (SSSR count). The second kappa shape index (κ2) is 5.11. The third-order valence-corrected chi connectivity index (χ3v) is 4.74. The lowest BCUT2D eigenvalue weighted by Crippen LogP contribution is -2.63. The van der Waals surface area contributed by atoms with E-state index in [9.17, 15) is 0 Å². The average molecular weight is 280 g/mol. The topological polar surface area (TPSA) is 32.3 Å². The molecule has 108 valence electrons. The number of aromatic nitrogens is 2. The maximum Gasteiger partial charge on any atom is 0.151 e. The molecule has 0 spiro atoms. The highest BCUT2D eigenvalue weighted by molar-refractivity contribution is 5.59. The number of rotatable bonds is 2. The Morgan fingerprint density at radius 2 is 1.86 bits per heavy atom. The molecule has 4 heteroatoms. The Balaban J connectivity index is 1.50. The van der Waals surface area contributed by atoms with Gasteiger partial charge in [-0.1, -0.05) is 30.3 Å². The van der Waals surface area contributed by atoms with Crippen LogP contribution >= 0.6 is 0 Å². The molecule has 2 unspecified atom stereocenters. The summed E-state index contributed by atoms with van der Waals surface area (Å²) >= 11 is 0. The van der Waals surface area contributed by atoms with Gasteiger partial charge in [0.05, 0.1) is 5.69 Å². The first-order valence-corrected chi connectivity index (χ1v) is 7.65. The van der Waals surface area contributed by atoms with Gasteiger partial charge in [-0.15, -0.1) is 10.2 Å². The first-order chi connectivity index (χ1) is 10.3. The van der Waals surface area contributed by atoms with E-state index in [-0.39, 0.29) is 0 Å². The Kier molecular flexibility index (Phi) is 3.11. The molecule has 2 saturated heterocycles. The molecule has 2 atom stereocenters. The van der Waals surface area contributed by atoms with E-state index >= 15 is 0 Å². The van der Waals surface area contributed by atoms with Crippen molar-refractivity contribution in [1.82, 2.24) is 15.1 Å². The van der Waals surface area contributed by atoms with Crippen LogP contribution in [-0.4, -0.2) is 47.8 Å². The highest BCUT2D eigenvalue weighted by Crippen LogP contribution is 2.35. The third-order valence-electron chi connectivity index (χ3n) is 4.74. The summed E-state index contributed by atoms with van der Waals surface area (Å²) in [5.41, 5.74) is 2.07. The maximum atomic E-state index is 4.45. The molecule has 0 saturated carbocycles. The minimum absolute atomic E-state index is 0.665. The molecule has 2 aliphatic heterocycles. The molecule has 2 aromatic rings. The highest BCUT2D eigenvalue weighted by atomic mass is 15.3. The summed E-state index contributed by atoms with van der Waals surface area (Å²) in [5, 5.41) is 8.85. The van der Waals surface area contributed by atoms with Gasteiger partial charge in [-0.05, 0) is 32.1 Å². The molecule has 0 bridgehead atoms. The Labute approximate surface area is 125 Å². The Hall–Kier alpha value is -1.94. The van der Waals surface area contributed by atoms with Crippen molar-refractivity contribution >= 4 is 5.82 Å². The monoisotopic (exact) mass is 280 g/mol. The molecule has 2 aliphatic rings. The van der Waals surface area contributed by atoms with Crippen molar-refractivity contribution in [3.63, 3.8) is 0 Å². The second-order valence-electron chi connectivity index (χ2n) is 6.17.